The zero-order chi connectivity index (χ0) is 14.8. The summed E-state index contributed by atoms with van der Waals surface area (Å²) < 4.78 is 1.80. The molecule has 1 aromatic carbocycles. The number of fused-ring (bicyclic) bond motifs is 1. The number of hydrogen-bond donors (Lipinski definition) is 2. The van der Waals surface area contributed by atoms with Gasteiger partial charge < -0.3 is 10.6 Å². The first-order valence-electron chi connectivity index (χ1n) is 7.31. The van der Waals surface area contributed by atoms with Crippen LogP contribution in [0.1, 0.15) is 29.7 Å². The highest BCUT2D eigenvalue weighted by Crippen LogP contribution is 2.31. The lowest BCUT2D eigenvalue weighted by molar-refractivity contribution is -0.122. The number of benzene rings is 1. The van der Waals surface area contributed by atoms with Crippen molar-refractivity contribution in [1.29, 1.82) is 0 Å². The largest absolute Gasteiger partial charge is 0.384 e. The van der Waals surface area contributed by atoms with Gasteiger partial charge in [0.1, 0.15) is 0 Å². The van der Waals surface area contributed by atoms with Gasteiger partial charge in [-0.2, -0.15) is 5.10 Å². The van der Waals surface area contributed by atoms with E-state index in [1.54, 1.807) is 4.68 Å². The van der Waals surface area contributed by atoms with Gasteiger partial charge in [0.15, 0.2) is 0 Å². The second-order valence-electron chi connectivity index (χ2n) is 5.37. The fraction of sp³-hybridized carbons (Fsp3) is 0.375. The molecule has 1 aliphatic heterocycles. The molecule has 5 nitrogen and oxygen atoms in total. The molecule has 2 heterocycles. The Kier molecular flexibility index (Phi) is 3.64. The molecule has 0 bridgehead atoms. The summed E-state index contributed by atoms with van der Waals surface area (Å²) in [5.74, 6) is -0.0405. The zero-order valence-corrected chi connectivity index (χ0v) is 12.4. The molecule has 1 aliphatic rings. The van der Waals surface area contributed by atoms with Crippen LogP contribution in [0, 0.1) is 0 Å². The van der Waals surface area contributed by atoms with Crippen LogP contribution < -0.4 is 10.6 Å². The number of carbonyl (C=O) groups is 1. The predicted molar refractivity (Wildman–Crippen MR) is 82.1 cm³/mol. The number of nitrogens with one attached hydrogen (secondary N) is 2. The van der Waals surface area contributed by atoms with Crippen molar-refractivity contribution in [2.75, 3.05) is 11.9 Å². The Hall–Kier alpha value is -2.30. The van der Waals surface area contributed by atoms with Crippen molar-refractivity contribution in [2.45, 2.75) is 25.8 Å². The highest BCUT2D eigenvalue weighted by atomic mass is 16.1. The molecule has 0 spiro atoms. The van der Waals surface area contributed by atoms with Crippen LogP contribution in [0.3, 0.4) is 0 Å². The molecule has 110 valence electrons. The molecule has 1 atom stereocenters. The molecule has 2 N–H and O–H groups in total. The van der Waals surface area contributed by atoms with Crippen molar-refractivity contribution in [3.05, 3.63) is 47.3 Å². The lowest BCUT2D eigenvalue weighted by Gasteiger charge is -2.11. The first-order chi connectivity index (χ1) is 10.2. The Balaban J connectivity index is 1.68. The molecule has 0 fully saturated rings. The van der Waals surface area contributed by atoms with Crippen LogP contribution in [-0.2, 0) is 24.8 Å². The number of amides is 1. The van der Waals surface area contributed by atoms with Gasteiger partial charge in [0.05, 0.1) is 11.6 Å². The van der Waals surface area contributed by atoms with E-state index in [-0.39, 0.29) is 11.8 Å². The average molecular weight is 284 g/mol. The van der Waals surface area contributed by atoms with Crippen LogP contribution in [0.5, 0.6) is 0 Å². The number of para-hydroxylation sites is 1. The second-order valence-corrected chi connectivity index (χ2v) is 5.37. The van der Waals surface area contributed by atoms with E-state index in [0.717, 1.165) is 28.9 Å². The summed E-state index contributed by atoms with van der Waals surface area (Å²) in [4.78, 5) is 12.4. The van der Waals surface area contributed by atoms with E-state index in [1.165, 1.54) is 0 Å². The summed E-state index contributed by atoms with van der Waals surface area (Å²) in [6.07, 6.45) is 2.85. The number of aryl methyl sites for hydroxylation is 2. The van der Waals surface area contributed by atoms with E-state index in [9.17, 15) is 4.79 Å². The van der Waals surface area contributed by atoms with Gasteiger partial charge in [0, 0.05) is 37.6 Å². The summed E-state index contributed by atoms with van der Waals surface area (Å²) in [6, 6.07) is 7.98. The third-order valence-electron chi connectivity index (χ3n) is 3.93. The van der Waals surface area contributed by atoms with E-state index in [2.05, 4.69) is 22.7 Å². The number of nitrogens with zero attached hydrogens (tertiary/aromatic N) is 2. The lowest BCUT2D eigenvalue weighted by atomic mass is 10.0. The fourth-order valence-corrected chi connectivity index (χ4v) is 2.85. The maximum absolute atomic E-state index is 12.4. The molecule has 0 saturated heterocycles. The van der Waals surface area contributed by atoms with E-state index in [4.69, 9.17) is 0 Å². The molecular formula is C16H20N4O. The molecule has 5 heteroatoms. The van der Waals surface area contributed by atoms with Crippen molar-refractivity contribution in [3.63, 3.8) is 0 Å². The van der Waals surface area contributed by atoms with Crippen molar-refractivity contribution in [3.8, 4) is 0 Å². The van der Waals surface area contributed by atoms with Gasteiger partial charge in [0.25, 0.3) is 0 Å². The van der Waals surface area contributed by atoms with Gasteiger partial charge >= 0.3 is 0 Å². The molecule has 1 aromatic heterocycles. The summed E-state index contributed by atoms with van der Waals surface area (Å²) in [7, 11) is 1.90. The molecule has 0 aliphatic carbocycles. The summed E-state index contributed by atoms with van der Waals surface area (Å²) in [5.41, 5.74) is 4.28. The summed E-state index contributed by atoms with van der Waals surface area (Å²) >= 11 is 0. The molecule has 2 aromatic rings. The Morgan fingerprint density at radius 3 is 3.10 bits per heavy atom. The van der Waals surface area contributed by atoms with E-state index in [1.807, 2.05) is 37.5 Å². The Labute approximate surface area is 124 Å². The minimum atomic E-state index is -0.108. The van der Waals surface area contributed by atoms with E-state index >= 15 is 0 Å². The van der Waals surface area contributed by atoms with Gasteiger partial charge in [-0.05, 0) is 18.1 Å². The van der Waals surface area contributed by atoms with Gasteiger partial charge in [0.2, 0.25) is 5.91 Å². The molecule has 1 amide bonds. The number of aromatic nitrogens is 2. The monoisotopic (exact) mass is 284 g/mol. The topological polar surface area (TPSA) is 59.0 Å². The average Bonchev–Trinajstić information content (AvgIpc) is 3.07. The SMILES string of the molecule is CCc1nn(C)cc1CNC(=O)C1CNc2ccccc21. The van der Waals surface area contributed by atoms with Gasteiger partial charge in [-0.25, -0.2) is 0 Å². The molecule has 0 saturated carbocycles. The maximum atomic E-state index is 12.4. The van der Waals surface area contributed by atoms with Crippen LogP contribution in [0.2, 0.25) is 0 Å². The third-order valence-corrected chi connectivity index (χ3v) is 3.93. The highest BCUT2D eigenvalue weighted by molar-refractivity contribution is 5.88. The first-order valence-corrected chi connectivity index (χ1v) is 7.31. The molecule has 0 radical (unpaired) electrons. The quantitative estimate of drug-likeness (QED) is 0.900. The molecule has 3 rings (SSSR count). The minimum Gasteiger partial charge on any atom is -0.384 e. The van der Waals surface area contributed by atoms with Crippen LogP contribution in [0.15, 0.2) is 30.5 Å². The Morgan fingerprint density at radius 2 is 2.29 bits per heavy atom. The predicted octanol–water partition coefficient (Wildman–Crippen LogP) is 1.81. The molecule has 1 unspecified atom stereocenters. The van der Waals surface area contributed by atoms with Crippen molar-refractivity contribution >= 4 is 11.6 Å². The van der Waals surface area contributed by atoms with Crippen LogP contribution in [0.4, 0.5) is 5.69 Å². The van der Waals surface area contributed by atoms with Crippen LogP contribution in [0.25, 0.3) is 0 Å². The van der Waals surface area contributed by atoms with Gasteiger partial charge in [-0.15, -0.1) is 0 Å². The molecular weight excluding hydrogens is 264 g/mol. The van der Waals surface area contributed by atoms with Crippen molar-refractivity contribution in [1.82, 2.24) is 15.1 Å². The zero-order valence-electron chi connectivity index (χ0n) is 12.4. The van der Waals surface area contributed by atoms with Gasteiger partial charge in [-0.1, -0.05) is 25.1 Å². The maximum Gasteiger partial charge on any atom is 0.229 e. The van der Waals surface area contributed by atoms with Crippen molar-refractivity contribution in [2.24, 2.45) is 7.05 Å². The van der Waals surface area contributed by atoms with Crippen molar-refractivity contribution < 1.29 is 4.79 Å². The van der Waals surface area contributed by atoms with E-state index in [0.29, 0.717) is 13.1 Å². The van der Waals surface area contributed by atoms with Crippen LogP contribution in [-0.4, -0.2) is 22.2 Å². The highest BCUT2D eigenvalue weighted by Gasteiger charge is 2.27. The van der Waals surface area contributed by atoms with Gasteiger partial charge in [-0.3, -0.25) is 9.48 Å². The summed E-state index contributed by atoms with van der Waals surface area (Å²) in [6.45, 7) is 3.28. The molecule has 21 heavy (non-hydrogen) atoms. The Morgan fingerprint density at radius 1 is 1.48 bits per heavy atom. The third kappa shape index (κ3) is 2.63. The smallest absolute Gasteiger partial charge is 0.229 e. The van der Waals surface area contributed by atoms with E-state index < -0.39 is 0 Å². The second kappa shape index (κ2) is 5.60. The first kappa shape index (κ1) is 13.7. The number of anilines is 1. The number of hydrogen-bond acceptors (Lipinski definition) is 3. The number of carbonyl (C=O) groups excluding carboxylic acids is 1. The summed E-state index contributed by atoms with van der Waals surface area (Å²) in [5, 5.41) is 10.7. The minimum absolute atomic E-state index is 0.0679. The normalized spacial score (nSPS) is 16.4. The Bertz CT molecular complexity index is 662. The van der Waals surface area contributed by atoms with Crippen LogP contribution >= 0.6 is 0 Å². The standard InChI is InChI=1S/C16H20N4O/c1-3-14-11(10-20(2)19-14)8-18-16(21)13-9-17-15-7-5-4-6-12(13)15/h4-7,10,13,17H,3,8-9H2,1-2H3,(H,18,21). The lowest BCUT2D eigenvalue weighted by Crippen LogP contribution is -2.30. The number of rotatable bonds is 4. The fourth-order valence-electron chi connectivity index (χ4n) is 2.85.